The molecule has 2 aromatic carbocycles. The van der Waals surface area contributed by atoms with E-state index in [9.17, 15) is 0 Å². The van der Waals surface area contributed by atoms with E-state index in [2.05, 4.69) is 67.4 Å². The van der Waals surface area contributed by atoms with Crippen LogP contribution in [0.2, 0.25) is 0 Å². The van der Waals surface area contributed by atoms with Gasteiger partial charge in [0.1, 0.15) is 0 Å². The first-order valence-corrected chi connectivity index (χ1v) is 6.29. The summed E-state index contributed by atoms with van der Waals surface area (Å²) < 4.78 is 0. The van der Waals surface area contributed by atoms with Crippen LogP contribution in [0.25, 0.3) is 11.1 Å². The number of hydrogen-bond acceptors (Lipinski definition) is 1. The molecule has 18 heavy (non-hydrogen) atoms. The fourth-order valence-corrected chi connectivity index (χ4v) is 1.83. The van der Waals surface area contributed by atoms with Crippen LogP contribution in [0.15, 0.2) is 66.7 Å². The SMILES string of the molecule is C=C(C)CCNc1ccc(-c2ccccc2)cc1. The molecule has 92 valence electrons. The molecule has 1 N–H and O–H groups in total. The first kappa shape index (κ1) is 12.4. The van der Waals surface area contributed by atoms with Crippen molar-refractivity contribution >= 4 is 5.69 Å². The summed E-state index contributed by atoms with van der Waals surface area (Å²) in [5.74, 6) is 0. The van der Waals surface area contributed by atoms with Crippen molar-refractivity contribution < 1.29 is 0 Å². The van der Waals surface area contributed by atoms with Gasteiger partial charge < -0.3 is 5.32 Å². The fourth-order valence-electron chi connectivity index (χ4n) is 1.83. The van der Waals surface area contributed by atoms with E-state index in [1.54, 1.807) is 0 Å². The summed E-state index contributed by atoms with van der Waals surface area (Å²) in [6.07, 6.45) is 1.01. The summed E-state index contributed by atoms with van der Waals surface area (Å²) in [5.41, 5.74) is 4.88. The van der Waals surface area contributed by atoms with E-state index in [-0.39, 0.29) is 0 Å². The van der Waals surface area contributed by atoms with Crippen molar-refractivity contribution in [2.45, 2.75) is 13.3 Å². The molecule has 0 radical (unpaired) electrons. The number of hydrogen-bond donors (Lipinski definition) is 1. The number of anilines is 1. The maximum atomic E-state index is 3.90. The van der Waals surface area contributed by atoms with Crippen LogP contribution in [0, 0.1) is 0 Å². The normalized spacial score (nSPS) is 10.1. The first-order chi connectivity index (χ1) is 8.75. The third-order valence-electron chi connectivity index (χ3n) is 2.87. The van der Waals surface area contributed by atoms with Gasteiger partial charge in [0.25, 0.3) is 0 Å². The molecule has 0 amide bonds. The zero-order valence-electron chi connectivity index (χ0n) is 10.8. The lowest BCUT2D eigenvalue weighted by molar-refractivity contribution is 1.00. The lowest BCUT2D eigenvalue weighted by Crippen LogP contribution is -2.01. The highest BCUT2D eigenvalue weighted by atomic mass is 14.9. The number of nitrogens with one attached hydrogen (secondary N) is 1. The van der Waals surface area contributed by atoms with E-state index in [0.29, 0.717) is 0 Å². The van der Waals surface area contributed by atoms with Crippen LogP contribution in [0.4, 0.5) is 5.69 Å². The minimum absolute atomic E-state index is 0.944. The molecule has 0 unspecified atom stereocenters. The quantitative estimate of drug-likeness (QED) is 0.741. The zero-order chi connectivity index (χ0) is 12.8. The minimum Gasteiger partial charge on any atom is -0.385 e. The smallest absolute Gasteiger partial charge is 0.0340 e. The van der Waals surface area contributed by atoms with E-state index in [1.165, 1.54) is 16.7 Å². The molecule has 0 aromatic heterocycles. The first-order valence-electron chi connectivity index (χ1n) is 6.29. The summed E-state index contributed by atoms with van der Waals surface area (Å²) in [6, 6.07) is 19.0. The highest BCUT2D eigenvalue weighted by Crippen LogP contribution is 2.20. The van der Waals surface area contributed by atoms with Gasteiger partial charge in [-0.2, -0.15) is 0 Å². The Hall–Kier alpha value is -2.02. The zero-order valence-corrected chi connectivity index (χ0v) is 10.8. The standard InChI is InChI=1S/C17H19N/c1-14(2)12-13-18-17-10-8-16(9-11-17)15-6-4-3-5-7-15/h3-11,18H,1,12-13H2,2H3. The third kappa shape index (κ3) is 3.49. The van der Waals surface area contributed by atoms with Crippen molar-refractivity contribution in [1.82, 2.24) is 0 Å². The van der Waals surface area contributed by atoms with Crippen molar-refractivity contribution in [3.63, 3.8) is 0 Å². The molecule has 0 saturated carbocycles. The monoisotopic (exact) mass is 237 g/mol. The van der Waals surface area contributed by atoms with Crippen LogP contribution < -0.4 is 5.32 Å². The van der Waals surface area contributed by atoms with Crippen molar-refractivity contribution in [3.8, 4) is 11.1 Å². The number of benzene rings is 2. The second kappa shape index (κ2) is 6.06. The molecular formula is C17H19N. The van der Waals surface area contributed by atoms with Gasteiger partial charge in [-0.1, -0.05) is 48.0 Å². The van der Waals surface area contributed by atoms with Gasteiger partial charge in [0.05, 0.1) is 0 Å². The van der Waals surface area contributed by atoms with Crippen molar-refractivity contribution in [2.24, 2.45) is 0 Å². The molecule has 0 bridgehead atoms. The third-order valence-corrected chi connectivity index (χ3v) is 2.87. The van der Waals surface area contributed by atoms with Crippen molar-refractivity contribution in [3.05, 3.63) is 66.7 Å². The summed E-state index contributed by atoms with van der Waals surface area (Å²) >= 11 is 0. The summed E-state index contributed by atoms with van der Waals surface area (Å²) in [7, 11) is 0. The molecule has 0 fully saturated rings. The van der Waals surface area contributed by atoms with Crippen LogP contribution in [0.5, 0.6) is 0 Å². The Labute approximate surface area is 109 Å². The summed E-state index contributed by atoms with van der Waals surface area (Å²) in [5, 5.41) is 3.39. The average molecular weight is 237 g/mol. The Balaban J connectivity index is 2.00. The van der Waals surface area contributed by atoms with Gasteiger partial charge in [-0.25, -0.2) is 0 Å². The molecule has 2 rings (SSSR count). The van der Waals surface area contributed by atoms with Crippen LogP contribution in [0.1, 0.15) is 13.3 Å². The maximum absolute atomic E-state index is 3.90. The largest absolute Gasteiger partial charge is 0.385 e. The van der Waals surface area contributed by atoms with Gasteiger partial charge in [-0.05, 0) is 36.6 Å². The Morgan fingerprint density at radius 2 is 1.56 bits per heavy atom. The van der Waals surface area contributed by atoms with Crippen LogP contribution in [0.3, 0.4) is 0 Å². The van der Waals surface area contributed by atoms with Crippen LogP contribution >= 0.6 is 0 Å². The van der Waals surface area contributed by atoms with Crippen LogP contribution in [-0.4, -0.2) is 6.54 Å². The number of rotatable bonds is 5. The molecule has 0 atom stereocenters. The Kier molecular flexibility index (Phi) is 4.19. The second-order valence-corrected chi connectivity index (χ2v) is 4.58. The molecular weight excluding hydrogens is 218 g/mol. The molecule has 1 heteroatoms. The Morgan fingerprint density at radius 1 is 0.944 bits per heavy atom. The molecule has 0 aliphatic carbocycles. The van der Waals surface area contributed by atoms with Gasteiger partial charge in [0.15, 0.2) is 0 Å². The van der Waals surface area contributed by atoms with E-state index >= 15 is 0 Å². The fraction of sp³-hybridized carbons (Fsp3) is 0.176. The van der Waals surface area contributed by atoms with Gasteiger partial charge in [0, 0.05) is 12.2 Å². The Bertz CT molecular complexity index is 497. The topological polar surface area (TPSA) is 12.0 Å². The van der Waals surface area contributed by atoms with Gasteiger partial charge in [-0.3, -0.25) is 0 Å². The van der Waals surface area contributed by atoms with E-state index in [1.807, 2.05) is 6.07 Å². The molecule has 0 aliphatic heterocycles. The van der Waals surface area contributed by atoms with E-state index < -0.39 is 0 Å². The predicted molar refractivity (Wildman–Crippen MR) is 79.8 cm³/mol. The lowest BCUT2D eigenvalue weighted by Gasteiger charge is -2.07. The molecule has 1 nitrogen and oxygen atoms in total. The van der Waals surface area contributed by atoms with Crippen molar-refractivity contribution in [2.75, 3.05) is 11.9 Å². The molecule has 0 aliphatic rings. The highest BCUT2D eigenvalue weighted by molar-refractivity contribution is 5.65. The lowest BCUT2D eigenvalue weighted by atomic mass is 10.1. The molecule has 2 aromatic rings. The molecule has 0 saturated heterocycles. The summed E-state index contributed by atoms with van der Waals surface area (Å²) in [4.78, 5) is 0. The second-order valence-electron chi connectivity index (χ2n) is 4.58. The summed E-state index contributed by atoms with van der Waals surface area (Å²) in [6.45, 7) is 6.90. The Morgan fingerprint density at radius 3 is 2.17 bits per heavy atom. The molecule has 0 spiro atoms. The van der Waals surface area contributed by atoms with E-state index in [4.69, 9.17) is 0 Å². The van der Waals surface area contributed by atoms with Gasteiger partial charge in [-0.15, -0.1) is 6.58 Å². The van der Waals surface area contributed by atoms with Gasteiger partial charge >= 0.3 is 0 Å². The predicted octanol–water partition coefficient (Wildman–Crippen LogP) is 4.73. The van der Waals surface area contributed by atoms with Crippen molar-refractivity contribution in [1.29, 1.82) is 0 Å². The van der Waals surface area contributed by atoms with E-state index in [0.717, 1.165) is 18.7 Å². The molecule has 0 heterocycles. The maximum Gasteiger partial charge on any atom is 0.0340 e. The van der Waals surface area contributed by atoms with Crippen LogP contribution in [-0.2, 0) is 0 Å². The van der Waals surface area contributed by atoms with Gasteiger partial charge in [0.2, 0.25) is 0 Å². The highest BCUT2D eigenvalue weighted by Gasteiger charge is 1.97. The minimum atomic E-state index is 0.944. The average Bonchev–Trinajstić information content (AvgIpc) is 2.40.